The van der Waals surface area contributed by atoms with E-state index in [1.807, 2.05) is 0 Å². The number of hydrogen-bond acceptors (Lipinski definition) is 1. The van der Waals surface area contributed by atoms with Crippen molar-refractivity contribution in [3.8, 4) is 0 Å². The van der Waals surface area contributed by atoms with Crippen LogP contribution in [0, 0.1) is 6.92 Å². The molecule has 0 aromatic heterocycles. The zero-order valence-corrected chi connectivity index (χ0v) is 10.1. The lowest BCUT2D eigenvalue weighted by Gasteiger charge is -2.27. The summed E-state index contributed by atoms with van der Waals surface area (Å²) >= 11 is 0. The molecule has 1 aliphatic heterocycles. The van der Waals surface area contributed by atoms with E-state index in [4.69, 9.17) is 0 Å². The molecular formula is C16H17N. The Kier molecular flexibility index (Phi) is 2.69. The highest BCUT2D eigenvalue weighted by Gasteiger charge is 2.20. The highest BCUT2D eigenvalue weighted by Crippen LogP contribution is 2.28. The van der Waals surface area contributed by atoms with Gasteiger partial charge in [-0.2, -0.15) is 0 Å². The lowest BCUT2D eigenvalue weighted by atomic mass is 9.90. The van der Waals surface area contributed by atoms with E-state index < -0.39 is 0 Å². The molecule has 1 heteroatoms. The minimum atomic E-state index is 0.362. The van der Waals surface area contributed by atoms with E-state index in [-0.39, 0.29) is 0 Å². The van der Waals surface area contributed by atoms with Crippen molar-refractivity contribution in [2.45, 2.75) is 19.4 Å². The maximum atomic E-state index is 3.61. The molecule has 0 bridgehead atoms. The van der Waals surface area contributed by atoms with Crippen LogP contribution in [0.25, 0.3) is 0 Å². The van der Waals surface area contributed by atoms with Gasteiger partial charge in [0.15, 0.2) is 0 Å². The van der Waals surface area contributed by atoms with E-state index >= 15 is 0 Å². The van der Waals surface area contributed by atoms with Crippen LogP contribution in [-0.2, 0) is 6.42 Å². The van der Waals surface area contributed by atoms with E-state index in [2.05, 4.69) is 60.8 Å². The van der Waals surface area contributed by atoms with Crippen molar-refractivity contribution in [3.63, 3.8) is 0 Å². The molecule has 0 spiro atoms. The quantitative estimate of drug-likeness (QED) is 0.782. The molecule has 1 heterocycles. The normalized spacial score (nSPS) is 18.8. The molecule has 3 rings (SSSR count). The molecule has 0 saturated heterocycles. The molecule has 2 aromatic carbocycles. The molecular weight excluding hydrogens is 206 g/mol. The topological polar surface area (TPSA) is 12.0 Å². The fourth-order valence-corrected chi connectivity index (χ4v) is 2.56. The molecule has 1 N–H and O–H groups in total. The lowest BCUT2D eigenvalue weighted by Crippen LogP contribution is -2.30. The Morgan fingerprint density at radius 3 is 2.59 bits per heavy atom. The fraction of sp³-hybridized carbons (Fsp3) is 0.250. The Balaban J connectivity index is 2.03. The van der Waals surface area contributed by atoms with Crippen molar-refractivity contribution in [2.75, 3.05) is 6.54 Å². The molecule has 0 unspecified atom stereocenters. The van der Waals surface area contributed by atoms with Gasteiger partial charge in [-0.25, -0.2) is 0 Å². The summed E-state index contributed by atoms with van der Waals surface area (Å²) in [5, 5.41) is 3.61. The minimum absolute atomic E-state index is 0.362. The predicted octanol–water partition coefficient (Wildman–Crippen LogP) is 3.23. The van der Waals surface area contributed by atoms with E-state index in [0.29, 0.717) is 6.04 Å². The third-order valence-electron chi connectivity index (χ3n) is 3.52. The van der Waals surface area contributed by atoms with Gasteiger partial charge in [0, 0.05) is 6.54 Å². The Hall–Kier alpha value is -1.60. The number of rotatable bonds is 1. The molecule has 0 amide bonds. The summed E-state index contributed by atoms with van der Waals surface area (Å²) < 4.78 is 0. The number of nitrogens with one attached hydrogen (secondary N) is 1. The second kappa shape index (κ2) is 4.34. The van der Waals surface area contributed by atoms with Gasteiger partial charge in [0.05, 0.1) is 6.04 Å². The third-order valence-corrected chi connectivity index (χ3v) is 3.52. The van der Waals surface area contributed by atoms with E-state index in [1.165, 1.54) is 22.3 Å². The van der Waals surface area contributed by atoms with Crippen LogP contribution in [0.2, 0.25) is 0 Å². The molecule has 86 valence electrons. The maximum Gasteiger partial charge on any atom is 0.0579 e. The van der Waals surface area contributed by atoms with E-state index in [0.717, 1.165) is 13.0 Å². The maximum absolute atomic E-state index is 3.61. The highest BCUT2D eigenvalue weighted by atomic mass is 14.9. The van der Waals surface area contributed by atoms with Crippen LogP contribution < -0.4 is 5.32 Å². The van der Waals surface area contributed by atoms with Crippen LogP contribution in [0.5, 0.6) is 0 Å². The Morgan fingerprint density at radius 1 is 1.00 bits per heavy atom. The van der Waals surface area contributed by atoms with Crippen LogP contribution in [-0.4, -0.2) is 6.54 Å². The molecule has 1 nitrogen and oxygen atoms in total. The van der Waals surface area contributed by atoms with Crippen molar-refractivity contribution in [1.29, 1.82) is 0 Å². The summed E-state index contributed by atoms with van der Waals surface area (Å²) in [4.78, 5) is 0. The second-order valence-electron chi connectivity index (χ2n) is 4.75. The van der Waals surface area contributed by atoms with Crippen LogP contribution in [0.1, 0.15) is 28.3 Å². The van der Waals surface area contributed by atoms with Gasteiger partial charge in [0.1, 0.15) is 0 Å². The highest BCUT2D eigenvalue weighted by molar-refractivity contribution is 5.40. The number of hydrogen-bond donors (Lipinski definition) is 1. The Labute approximate surface area is 102 Å². The number of aryl methyl sites for hydroxylation is 1. The first-order valence-corrected chi connectivity index (χ1v) is 6.22. The molecule has 0 aliphatic carbocycles. The first-order chi connectivity index (χ1) is 8.34. The monoisotopic (exact) mass is 223 g/mol. The van der Waals surface area contributed by atoms with Crippen LogP contribution >= 0.6 is 0 Å². The average Bonchev–Trinajstić information content (AvgIpc) is 2.39. The first kappa shape index (κ1) is 10.5. The summed E-state index contributed by atoms with van der Waals surface area (Å²) in [7, 11) is 0. The van der Waals surface area contributed by atoms with Gasteiger partial charge < -0.3 is 5.32 Å². The van der Waals surface area contributed by atoms with Gasteiger partial charge in [0.2, 0.25) is 0 Å². The summed E-state index contributed by atoms with van der Waals surface area (Å²) in [6, 6.07) is 18.0. The molecule has 1 aliphatic rings. The van der Waals surface area contributed by atoms with E-state index in [1.54, 1.807) is 0 Å². The Bertz CT molecular complexity index is 513. The van der Waals surface area contributed by atoms with Crippen molar-refractivity contribution in [2.24, 2.45) is 0 Å². The van der Waals surface area contributed by atoms with Gasteiger partial charge in [-0.05, 0) is 30.0 Å². The van der Waals surface area contributed by atoms with Gasteiger partial charge in [-0.3, -0.25) is 0 Å². The van der Waals surface area contributed by atoms with Gasteiger partial charge >= 0.3 is 0 Å². The van der Waals surface area contributed by atoms with Crippen molar-refractivity contribution in [1.82, 2.24) is 5.32 Å². The standard InChI is InChI=1S/C16H17N/c1-12-6-8-14(9-7-12)16-15-5-3-2-4-13(15)10-11-17-16/h2-9,16-17H,10-11H2,1H3/t16-/m1/s1. The van der Waals surface area contributed by atoms with Crippen molar-refractivity contribution >= 4 is 0 Å². The molecule has 1 atom stereocenters. The van der Waals surface area contributed by atoms with E-state index in [9.17, 15) is 0 Å². The summed E-state index contributed by atoms with van der Waals surface area (Å²) in [6.45, 7) is 3.20. The lowest BCUT2D eigenvalue weighted by molar-refractivity contribution is 0.568. The third kappa shape index (κ3) is 1.98. The molecule has 0 radical (unpaired) electrons. The zero-order valence-electron chi connectivity index (χ0n) is 10.1. The summed E-state index contributed by atoms with van der Waals surface area (Å²) in [5.41, 5.74) is 5.60. The summed E-state index contributed by atoms with van der Waals surface area (Å²) in [6.07, 6.45) is 1.14. The number of benzene rings is 2. The van der Waals surface area contributed by atoms with Gasteiger partial charge in [0.25, 0.3) is 0 Å². The van der Waals surface area contributed by atoms with Crippen LogP contribution in [0.15, 0.2) is 48.5 Å². The molecule has 0 saturated carbocycles. The average molecular weight is 223 g/mol. The fourth-order valence-electron chi connectivity index (χ4n) is 2.56. The molecule has 2 aromatic rings. The molecule has 0 fully saturated rings. The largest absolute Gasteiger partial charge is 0.306 e. The minimum Gasteiger partial charge on any atom is -0.306 e. The number of fused-ring (bicyclic) bond motifs is 1. The predicted molar refractivity (Wildman–Crippen MR) is 71.2 cm³/mol. The molecule has 17 heavy (non-hydrogen) atoms. The first-order valence-electron chi connectivity index (χ1n) is 6.22. The van der Waals surface area contributed by atoms with Crippen LogP contribution in [0.3, 0.4) is 0 Å². The smallest absolute Gasteiger partial charge is 0.0579 e. The van der Waals surface area contributed by atoms with Gasteiger partial charge in [-0.1, -0.05) is 54.1 Å². The summed E-state index contributed by atoms with van der Waals surface area (Å²) in [5.74, 6) is 0. The van der Waals surface area contributed by atoms with Gasteiger partial charge in [-0.15, -0.1) is 0 Å². The zero-order chi connectivity index (χ0) is 11.7. The van der Waals surface area contributed by atoms with Crippen LogP contribution in [0.4, 0.5) is 0 Å². The SMILES string of the molecule is Cc1ccc([C@H]2NCCc3ccccc32)cc1. The van der Waals surface area contributed by atoms with Crippen molar-refractivity contribution in [3.05, 3.63) is 70.8 Å². The van der Waals surface area contributed by atoms with Crippen molar-refractivity contribution < 1.29 is 0 Å². The second-order valence-corrected chi connectivity index (χ2v) is 4.75. The Morgan fingerprint density at radius 2 is 1.76 bits per heavy atom.